The van der Waals surface area contributed by atoms with Crippen molar-refractivity contribution in [2.24, 2.45) is 5.84 Å². The van der Waals surface area contributed by atoms with Crippen LogP contribution < -0.4 is 11.3 Å². The van der Waals surface area contributed by atoms with E-state index in [0.717, 1.165) is 12.0 Å². The van der Waals surface area contributed by atoms with E-state index in [4.69, 9.17) is 5.84 Å². The maximum atomic E-state index is 13.4. The monoisotopic (exact) mass is 284 g/mol. The number of nitrogens with one attached hydrogen (secondary N) is 1. The van der Waals surface area contributed by atoms with Gasteiger partial charge in [-0.05, 0) is 66.5 Å². The van der Waals surface area contributed by atoms with E-state index in [-0.39, 0.29) is 11.9 Å². The van der Waals surface area contributed by atoms with Crippen LogP contribution in [0, 0.1) is 12.7 Å². The highest BCUT2D eigenvalue weighted by Crippen LogP contribution is 2.26. The number of aryl methyl sites for hydroxylation is 3. The van der Waals surface area contributed by atoms with Crippen LogP contribution in [0.5, 0.6) is 0 Å². The second kappa shape index (κ2) is 5.96. The highest BCUT2D eigenvalue weighted by Gasteiger charge is 2.15. The lowest BCUT2D eigenvalue weighted by Gasteiger charge is -2.18. The molecule has 21 heavy (non-hydrogen) atoms. The van der Waals surface area contributed by atoms with Gasteiger partial charge in [0.25, 0.3) is 0 Å². The summed E-state index contributed by atoms with van der Waals surface area (Å²) in [4.78, 5) is 0. The molecule has 2 nitrogen and oxygen atoms in total. The summed E-state index contributed by atoms with van der Waals surface area (Å²) in [5.74, 6) is 5.54. The molecular formula is C18H21FN2. The van der Waals surface area contributed by atoms with Crippen LogP contribution in [0.2, 0.25) is 0 Å². The number of rotatable bonds is 4. The SMILES string of the molecule is Cc1cc(C(Cc2ccc3c(c2)CCC3)NN)ccc1F. The minimum absolute atomic E-state index is 0.00348. The van der Waals surface area contributed by atoms with Gasteiger partial charge in [-0.1, -0.05) is 30.3 Å². The smallest absolute Gasteiger partial charge is 0.126 e. The van der Waals surface area contributed by atoms with Crippen LogP contribution >= 0.6 is 0 Å². The zero-order valence-electron chi connectivity index (χ0n) is 12.3. The lowest BCUT2D eigenvalue weighted by molar-refractivity contribution is 0.548. The van der Waals surface area contributed by atoms with Gasteiger partial charge in [0.05, 0.1) is 0 Å². The van der Waals surface area contributed by atoms with Crippen molar-refractivity contribution in [2.45, 2.75) is 38.6 Å². The van der Waals surface area contributed by atoms with Gasteiger partial charge in [0.2, 0.25) is 0 Å². The van der Waals surface area contributed by atoms with Crippen LogP contribution in [0.4, 0.5) is 4.39 Å². The van der Waals surface area contributed by atoms with Crippen molar-refractivity contribution < 1.29 is 4.39 Å². The van der Waals surface area contributed by atoms with E-state index >= 15 is 0 Å². The van der Waals surface area contributed by atoms with Crippen LogP contribution in [-0.4, -0.2) is 0 Å². The number of hydrogen-bond donors (Lipinski definition) is 2. The normalized spacial score (nSPS) is 15.0. The van der Waals surface area contributed by atoms with Crippen molar-refractivity contribution in [3.05, 3.63) is 70.0 Å². The molecule has 3 N–H and O–H groups in total. The van der Waals surface area contributed by atoms with Crippen molar-refractivity contribution in [3.63, 3.8) is 0 Å². The Morgan fingerprint density at radius 3 is 2.71 bits per heavy atom. The van der Waals surface area contributed by atoms with Gasteiger partial charge in [-0.15, -0.1) is 0 Å². The zero-order chi connectivity index (χ0) is 14.8. The fraction of sp³-hybridized carbons (Fsp3) is 0.333. The second-order valence-electron chi connectivity index (χ2n) is 5.89. The highest BCUT2D eigenvalue weighted by molar-refractivity contribution is 5.36. The van der Waals surface area contributed by atoms with Gasteiger partial charge in [0.1, 0.15) is 5.82 Å². The maximum absolute atomic E-state index is 13.4. The minimum atomic E-state index is -0.174. The molecule has 0 fully saturated rings. The number of nitrogens with two attached hydrogens (primary N) is 1. The molecule has 3 rings (SSSR count). The van der Waals surface area contributed by atoms with E-state index in [9.17, 15) is 4.39 Å². The quantitative estimate of drug-likeness (QED) is 0.667. The topological polar surface area (TPSA) is 38.0 Å². The minimum Gasteiger partial charge on any atom is -0.271 e. The molecular weight excluding hydrogens is 263 g/mol. The van der Waals surface area contributed by atoms with Crippen molar-refractivity contribution in [2.75, 3.05) is 0 Å². The summed E-state index contributed by atoms with van der Waals surface area (Å²) in [6.45, 7) is 1.78. The summed E-state index contributed by atoms with van der Waals surface area (Å²) in [5, 5.41) is 0. The van der Waals surface area contributed by atoms with Crippen molar-refractivity contribution in [1.29, 1.82) is 0 Å². The second-order valence-corrected chi connectivity index (χ2v) is 5.89. The molecule has 110 valence electrons. The molecule has 0 saturated carbocycles. The number of hydrazine groups is 1. The molecule has 1 aliphatic carbocycles. The van der Waals surface area contributed by atoms with Crippen LogP contribution in [0.15, 0.2) is 36.4 Å². The Labute approximate surface area is 125 Å². The van der Waals surface area contributed by atoms with Gasteiger partial charge >= 0.3 is 0 Å². The van der Waals surface area contributed by atoms with Crippen molar-refractivity contribution in [3.8, 4) is 0 Å². The Morgan fingerprint density at radius 2 is 1.95 bits per heavy atom. The predicted octanol–water partition coefficient (Wildman–Crippen LogP) is 3.37. The fourth-order valence-corrected chi connectivity index (χ4v) is 3.15. The van der Waals surface area contributed by atoms with E-state index in [1.165, 1.54) is 42.0 Å². The molecule has 3 heteroatoms. The van der Waals surface area contributed by atoms with Crippen LogP contribution in [-0.2, 0) is 19.3 Å². The van der Waals surface area contributed by atoms with Crippen LogP contribution in [0.1, 0.15) is 40.3 Å². The predicted molar refractivity (Wildman–Crippen MR) is 83.4 cm³/mol. The summed E-state index contributed by atoms with van der Waals surface area (Å²) < 4.78 is 13.4. The Hall–Kier alpha value is -1.71. The summed E-state index contributed by atoms with van der Waals surface area (Å²) >= 11 is 0. The third kappa shape index (κ3) is 2.99. The molecule has 0 heterocycles. The highest BCUT2D eigenvalue weighted by atomic mass is 19.1. The molecule has 1 atom stereocenters. The first-order chi connectivity index (χ1) is 10.2. The Balaban J connectivity index is 1.82. The Morgan fingerprint density at radius 1 is 1.14 bits per heavy atom. The van der Waals surface area contributed by atoms with E-state index in [2.05, 4.69) is 23.6 Å². The van der Waals surface area contributed by atoms with Crippen molar-refractivity contribution >= 4 is 0 Å². The first-order valence-electron chi connectivity index (χ1n) is 7.50. The molecule has 0 aromatic heterocycles. The Kier molecular flexibility index (Phi) is 4.04. The van der Waals surface area contributed by atoms with Crippen LogP contribution in [0.25, 0.3) is 0 Å². The third-order valence-electron chi connectivity index (χ3n) is 4.39. The van der Waals surface area contributed by atoms with Gasteiger partial charge in [-0.3, -0.25) is 11.3 Å². The number of fused-ring (bicyclic) bond motifs is 1. The molecule has 0 aliphatic heterocycles. The average Bonchev–Trinajstić information content (AvgIpc) is 2.95. The lowest BCUT2D eigenvalue weighted by Crippen LogP contribution is -2.29. The van der Waals surface area contributed by atoms with Gasteiger partial charge < -0.3 is 0 Å². The third-order valence-corrected chi connectivity index (χ3v) is 4.39. The number of halogens is 1. The molecule has 0 amide bonds. The molecule has 0 spiro atoms. The summed E-state index contributed by atoms with van der Waals surface area (Å²) in [7, 11) is 0. The largest absolute Gasteiger partial charge is 0.271 e. The van der Waals surface area contributed by atoms with Gasteiger partial charge in [0, 0.05) is 6.04 Å². The number of hydrogen-bond acceptors (Lipinski definition) is 2. The summed E-state index contributed by atoms with van der Waals surface area (Å²) in [6.07, 6.45) is 4.45. The standard InChI is InChI=1S/C18H21FN2/c1-12-9-16(7-8-17(12)19)18(21-20)11-13-5-6-14-3-2-4-15(14)10-13/h5-10,18,21H,2-4,11,20H2,1H3. The maximum Gasteiger partial charge on any atom is 0.126 e. The summed E-state index contributed by atoms with van der Waals surface area (Å²) in [6, 6.07) is 11.9. The van der Waals surface area contributed by atoms with Gasteiger partial charge in [-0.25, -0.2) is 4.39 Å². The van der Waals surface area contributed by atoms with Gasteiger partial charge in [-0.2, -0.15) is 0 Å². The average molecular weight is 284 g/mol. The molecule has 1 aliphatic rings. The van der Waals surface area contributed by atoms with E-state index < -0.39 is 0 Å². The number of benzene rings is 2. The molecule has 2 aromatic rings. The first-order valence-corrected chi connectivity index (χ1v) is 7.50. The molecule has 0 saturated heterocycles. The molecule has 0 bridgehead atoms. The molecule has 1 unspecified atom stereocenters. The van der Waals surface area contributed by atoms with Crippen molar-refractivity contribution in [1.82, 2.24) is 5.43 Å². The van der Waals surface area contributed by atoms with E-state index in [1.54, 1.807) is 13.0 Å². The molecule has 0 radical (unpaired) electrons. The van der Waals surface area contributed by atoms with E-state index in [1.807, 2.05) is 6.07 Å². The lowest BCUT2D eigenvalue weighted by atomic mass is 9.96. The summed E-state index contributed by atoms with van der Waals surface area (Å²) in [5.41, 5.74) is 8.77. The van der Waals surface area contributed by atoms with Crippen LogP contribution in [0.3, 0.4) is 0 Å². The zero-order valence-corrected chi connectivity index (χ0v) is 12.3. The Bertz CT molecular complexity index is 652. The van der Waals surface area contributed by atoms with Gasteiger partial charge in [0.15, 0.2) is 0 Å². The fourth-order valence-electron chi connectivity index (χ4n) is 3.15. The van der Waals surface area contributed by atoms with E-state index in [0.29, 0.717) is 5.56 Å². The molecule has 2 aromatic carbocycles. The first kappa shape index (κ1) is 14.2.